The number of piperidine rings is 1. The largest absolute Gasteiger partial charge is 0.507 e. The van der Waals surface area contributed by atoms with Gasteiger partial charge in [-0.05, 0) is 37.3 Å². The lowest BCUT2D eigenvalue weighted by Gasteiger charge is -2.36. The van der Waals surface area contributed by atoms with Gasteiger partial charge in [-0.2, -0.15) is 0 Å². The Hall–Kier alpha value is -2.10. The molecule has 22 heavy (non-hydrogen) atoms. The third kappa shape index (κ3) is 3.06. The Kier molecular flexibility index (Phi) is 4.01. The van der Waals surface area contributed by atoms with E-state index in [4.69, 9.17) is 4.98 Å². The highest BCUT2D eigenvalue weighted by Crippen LogP contribution is 2.30. The first-order valence-corrected chi connectivity index (χ1v) is 7.92. The molecule has 2 heterocycles. The zero-order valence-corrected chi connectivity index (χ0v) is 13.5. The van der Waals surface area contributed by atoms with Crippen molar-refractivity contribution in [2.45, 2.75) is 27.2 Å². The van der Waals surface area contributed by atoms with Crippen LogP contribution in [-0.4, -0.2) is 28.2 Å². The van der Waals surface area contributed by atoms with Gasteiger partial charge in [-0.3, -0.25) is 0 Å². The molecule has 1 fully saturated rings. The van der Waals surface area contributed by atoms with E-state index < -0.39 is 0 Å². The van der Waals surface area contributed by atoms with Gasteiger partial charge in [-0.1, -0.05) is 26.0 Å². The molecule has 2 atom stereocenters. The van der Waals surface area contributed by atoms with E-state index in [1.165, 1.54) is 6.42 Å². The van der Waals surface area contributed by atoms with Crippen molar-refractivity contribution in [1.82, 2.24) is 9.97 Å². The third-order valence-corrected chi connectivity index (χ3v) is 4.18. The zero-order valence-electron chi connectivity index (χ0n) is 13.5. The summed E-state index contributed by atoms with van der Waals surface area (Å²) >= 11 is 0. The minimum absolute atomic E-state index is 0.222. The van der Waals surface area contributed by atoms with E-state index in [0.29, 0.717) is 23.2 Å². The van der Waals surface area contributed by atoms with E-state index in [1.807, 2.05) is 31.2 Å². The van der Waals surface area contributed by atoms with Gasteiger partial charge in [0.2, 0.25) is 0 Å². The van der Waals surface area contributed by atoms with E-state index >= 15 is 0 Å². The van der Waals surface area contributed by atoms with Gasteiger partial charge < -0.3 is 10.0 Å². The number of rotatable bonds is 2. The first-order valence-electron chi connectivity index (χ1n) is 7.92. The van der Waals surface area contributed by atoms with Crippen LogP contribution < -0.4 is 4.90 Å². The van der Waals surface area contributed by atoms with Gasteiger partial charge in [0, 0.05) is 24.8 Å². The van der Waals surface area contributed by atoms with Crippen LogP contribution in [0, 0.1) is 18.8 Å². The summed E-state index contributed by atoms with van der Waals surface area (Å²) in [4.78, 5) is 11.6. The second-order valence-electron chi connectivity index (χ2n) is 6.56. The van der Waals surface area contributed by atoms with E-state index in [2.05, 4.69) is 23.7 Å². The van der Waals surface area contributed by atoms with Gasteiger partial charge in [-0.25, -0.2) is 9.97 Å². The number of hydrogen-bond acceptors (Lipinski definition) is 4. The normalized spacial score (nSPS) is 21.9. The average Bonchev–Trinajstić information content (AvgIpc) is 2.46. The summed E-state index contributed by atoms with van der Waals surface area (Å²) in [5.74, 6) is 3.13. The van der Waals surface area contributed by atoms with Crippen LogP contribution in [0.1, 0.15) is 26.0 Å². The molecule has 1 aliphatic heterocycles. The summed E-state index contributed by atoms with van der Waals surface area (Å²) in [5, 5.41) is 10.0. The zero-order chi connectivity index (χ0) is 15.7. The number of aromatic hydroxyl groups is 1. The number of phenols is 1. The number of benzene rings is 1. The lowest BCUT2D eigenvalue weighted by molar-refractivity contribution is 0.355. The lowest BCUT2D eigenvalue weighted by Crippen LogP contribution is -2.39. The van der Waals surface area contributed by atoms with Crippen molar-refractivity contribution >= 4 is 5.82 Å². The van der Waals surface area contributed by atoms with E-state index in [9.17, 15) is 5.11 Å². The third-order valence-electron chi connectivity index (χ3n) is 4.18. The molecule has 116 valence electrons. The maximum Gasteiger partial charge on any atom is 0.165 e. The Morgan fingerprint density at radius 1 is 1.09 bits per heavy atom. The number of hydrogen-bond donors (Lipinski definition) is 1. The highest BCUT2D eigenvalue weighted by atomic mass is 16.3. The molecule has 1 saturated heterocycles. The number of anilines is 1. The molecule has 0 aliphatic carbocycles. The van der Waals surface area contributed by atoms with E-state index in [0.717, 1.165) is 24.6 Å². The van der Waals surface area contributed by atoms with Crippen molar-refractivity contribution in [2.24, 2.45) is 11.8 Å². The summed E-state index contributed by atoms with van der Waals surface area (Å²) in [7, 11) is 0. The van der Waals surface area contributed by atoms with Crippen LogP contribution in [-0.2, 0) is 0 Å². The SMILES string of the molecule is Cc1cc(N2C[C@H](C)C[C@H](C)C2)nc(-c2ccccc2O)n1. The Morgan fingerprint density at radius 2 is 1.77 bits per heavy atom. The predicted molar refractivity (Wildman–Crippen MR) is 89.0 cm³/mol. The molecule has 1 aromatic heterocycles. The van der Waals surface area contributed by atoms with Crippen molar-refractivity contribution in [2.75, 3.05) is 18.0 Å². The number of nitrogens with zero attached hydrogens (tertiary/aromatic N) is 3. The van der Waals surface area contributed by atoms with Gasteiger partial charge in [0.1, 0.15) is 11.6 Å². The van der Waals surface area contributed by atoms with Crippen LogP contribution in [0.4, 0.5) is 5.82 Å². The van der Waals surface area contributed by atoms with Crippen molar-refractivity contribution in [3.63, 3.8) is 0 Å². The molecule has 0 bridgehead atoms. The second kappa shape index (κ2) is 5.95. The van der Waals surface area contributed by atoms with Gasteiger partial charge in [0.25, 0.3) is 0 Å². The molecule has 0 saturated carbocycles. The van der Waals surface area contributed by atoms with Gasteiger partial charge in [0.15, 0.2) is 5.82 Å². The summed E-state index contributed by atoms with van der Waals surface area (Å²) in [6, 6.07) is 9.27. The predicted octanol–water partition coefficient (Wildman–Crippen LogP) is 3.64. The Bertz CT molecular complexity index is 661. The number of para-hydroxylation sites is 1. The first kappa shape index (κ1) is 14.8. The minimum Gasteiger partial charge on any atom is -0.507 e. The fraction of sp³-hybridized carbons (Fsp3) is 0.444. The molecule has 1 N–H and O–H groups in total. The molecule has 4 heteroatoms. The molecule has 0 unspecified atom stereocenters. The maximum atomic E-state index is 10.0. The lowest BCUT2D eigenvalue weighted by atomic mass is 9.92. The minimum atomic E-state index is 0.222. The second-order valence-corrected chi connectivity index (χ2v) is 6.56. The summed E-state index contributed by atoms with van der Waals surface area (Å²) in [5.41, 5.74) is 1.61. The monoisotopic (exact) mass is 297 g/mol. The fourth-order valence-corrected chi connectivity index (χ4v) is 3.35. The Labute approximate surface area is 131 Å². The van der Waals surface area contributed by atoms with Crippen LogP contribution in [0.25, 0.3) is 11.4 Å². The summed E-state index contributed by atoms with van der Waals surface area (Å²) in [6.45, 7) is 8.62. The van der Waals surface area contributed by atoms with Crippen molar-refractivity contribution < 1.29 is 5.11 Å². The molecular weight excluding hydrogens is 274 g/mol. The quantitative estimate of drug-likeness (QED) is 0.919. The number of aryl methyl sites for hydroxylation is 1. The summed E-state index contributed by atoms with van der Waals surface area (Å²) in [6.07, 6.45) is 1.27. The van der Waals surface area contributed by atoms with Crippen LogP contribution in [0.15, 0.2) is 30.3 Å². The molecule has 0 amide bonds. The number of aromatic nitrogens is 2. The van der Waals surface area contributed by atoms with Gasteiger partial charge >= 0.3 is 0 Å². The first-order chi connectivity index (χ1) is 10.5. The average molecular weight is 297 g/mol. The van der Waals surface area contributed by atoms with Gasteiger partial charge in [-0.15, -0.1) is 0 Å². The van der Waals surface area contributed by atoms with Crippen LogP contribution >= 0.6 is 0 Å². The maximum absolute atomic E-state index is 10.0. The fourth-order valence-electron chi connectivity index (χ4n) is 3.35. The molecule has 4 nitrogen and oxygen atoms in total. The highest BCUT2D eigenvalue weighted by molar-refractivity contribution is 5.65. The van der Waals surface area contributed by atoms with E-state index in [-0.39, 0.29) is 5.75 Å². The standard InChI is InChI=1S/C18H23N3O/c1-12-8-13(2)11-21(10-12)17-9-14(3)19-18(20-17)15-6-4-5-7-16(15)22/h4-7,9,12-13,22H,8,10-11H2,1-3H3/t12-,13+. The number of phenolic OH excluding ortho intramolecular Hbond substituents is 1. The van der Waals surface area contributed by atoms with Crippen molar-refractivity contribution in [3.8, 4) is 17.1 Å². The molecule has 0 spiro atoms. The molecule has 0 radical (unpaired) electrons. The van der Waals surface area contributed by atoms with Crippen LogP contribution in [0.5, 0.6) is 5.75 Å². The molecule has 1 aromatic carbocycles. The Morgan fingerprint density at radius 3 is 2.45 bits per heavy atom. The van der Waals surface area contributed by atoms with Crippen molar-refractivity contribution in [3.05, 3.63) is 36.0 Å². The Balaban J connectivity index is 1.98. The van der Waals surface area contributed by atoms with Crippen molar-refractivity contribution in [1.29, 1.82) is 0 Å². The van der Waals surface area contributed by atoms with Crippen LogP contribution in [0.3, 0.4) is 0 Å². The van der Waals surface area contributed by atoms with E-state index in [1.54, 1.807) is 6.07 Å². The van der Waals surface area contributed by atoms with Crippen LogP contribution in [0.2, 0.25) is 0 Å². The molecule has 2 aromatic rings. The topological polar surface area (TPSA) is 49.2 Å². The molecular formula is C18H23N3O. The van der Waals surface area contributed by atoms with Gasteiger partial charge in [0.05, 0.1) is 5.56 Å². The molecule has 3 rings (SSSR count). The smallest absolute Gasteiger partial charge is 0.165 e. The summed E-state index contributed by atoms with van der Waals surface area (Å²) < 4.78 is 0. The highest BCUT2D eigenvalue weighted by Gasteiger charge is 2.23. The molecule has 1 aliphatic rings.